The van der Waals surface area contributed by atoms with Crippen LogP contribution in [0.3, 0.4) is 0 Å². The molecule has 0 bridgehead atoms. The Morgan fingerprint density at radius 2 is 1.82 bits per heavy atom. The first-order valence-corrected chi connectivity index (χ1v) is 9.07. The van der Waals surface area contributed by atoms with Gasteiger partial charge in [-0.15, -0.1) is 0 Å². The van der Waals surface area contributed by atoms with Gasteiger partial charge < -0.3 is 10.6 Å². The average molecular weight is 367 g/mol. The lowest BCUT2D eigenvalue weighted by Crippen LogP contribution is -2.34. The molecule has 0 heterocycles. The Kier molecular flexibility index (Phi) is 6.45. The van der Waals surface area contributed by atoms with Crippen molar-refractivity contribution >= 4 is 21.8 Å². The highest BCUT2D eigenvalue weighted by atomic mass is 79.9. The van der Waals surface area contributed by atoms with Gasteiger partial charge in [0.25, 0.3) is 0 Å². The Morgan fingerprint density at radius 3 is 2.41 bits per heavy atom. The van der Waals surface area contributed by atoms with E-state index in [0.29, 0.717) is 6.42 Å². The molecule has 1 aromatic carbocycles. The molecule has 1 saturated carbocycles. The number of unbranched alkanes of at least 4 members (excludes halogenated alkanes) is 3. The van der Waals surface area contributed by atoms with E-state index in [1.54, 1.807) is 0 Å². The van der Waals surface area contributed by atoms with Crippen LogP contribution in [0, 0.1) is 0 Å². The number of hydrogen-bond donors (Lipinski definition) is 1. The van der Waals surface area contributed by atoms with E-state index in [-0.39, 0.29) is 11.3 Å². The van der Waals surface area contributed by atoms with Gasteiger partial charge in [0, 0.05) is 29.9 Å². The van der Waals surface area contributed by atoms with Crippen molar-refractivity contribution in [2.75, 3.05) is 20.1 Å². The molecule has 22 heavy (non-hydrogen) atoms. The molecule has 1 aromatic rings. The third-order valence-corrected chi connectivity index (χ3v) is 5.15. The topological polar surface area (TPSA) is 46.3 Å². The molecule has 1 amide bonds. The number of halogens is 1. The van der Waals surface area contributed by atoms with E-state index < -0.39 is 0 Å². The molecular formula is C18H27BrN2O. The monoisotopic (exact) mass is 366 g/mol. The first-order valence-electron chi connectivity index (χ1n) is 8.27. The number of benzene rings is 1. The Balaban J connectivity index is 1.79. The molecule has 2 rings (SSSR count). The van der Waals surface area contributed by atoms with E-state index in [4.69, 9.17) is 5.73 Å². The van der Waals surface area contributed by atoms with E-state index in [2.05, 4.69) is 40.2 Å². The van der Waals surface area contributed by atoms with Gasteiger partial charge in [0.15, 0.2) is 0 Å². The molecule has 1 aliphatic carbocycles. The lowest BCUT2D eigenvalue weighted by Gasteiger charge is -2.24. The zero-order valence-electron chi connectivity index (χ0n) is 13.5. The van der Waals surface area contributed by atoms with Gasteiger partial charge in [-0.2, -0.15) is 0 Å². The van der Waals surface area contributed by atoms with Gasteiger partial charge in [-0.3, -0.25) is 4.79 Å². The summed E-state index contributed by atoms with van der Waals surface area (Å²) in [5, 5.41) is 0. The molecule has 0 unspecified atom stereocenters. The lowest BCUT2D eigenvalue weighted by atomic mass is 9.95. The molecule has 1 aliphatic rings. The van der Waals surface area contributed by atoms with Crippen molar-refractivity contribution in [2.45, 2.75) is 50.4 Å². The summed E-state index contributed by atoms with van der Waals surface area (Å²) in [5.41, 5.74) is 7.04. The van der Waals surface area contributed by atoms with E-state index in [1.165, 1.54) is 18.4 Å². The smallest absolute Gasteiger partial charge is 0.222 e. The molecule has 0 aliphatic heterocycles. The fraction of sp³-hybridized carbons (Fsp3) is 0.611. The van der Waals surface area contributed by atoms with E-state index in [0.717, 1.165) is 43.2 Å². The predicted octanol–water partition coefficient (Wildman–Crippen LogP) is 3.85. The molecule has 1 fully saturated rings. The van der Waals surface area contributed by atoms with Crippen molar-refractivity contribution < 1.29 is 4.79 Å². The molecule has 3 nitrogen and oxygen atoms in total. The second kappa shape index (κ2) is 8.11. The largest absolute Gasteiger partial charge is 0.345 e. The minimum absolute atomic E-state index is 0.199. The summed E-state index contributed by atoms with van der Waals surface area (Å²) in [7, 11) is 1.95. The van der Waals surface area contributed by atoms with Gasteiger partial charge in [-0.1, -0.05) is 40.9 Å². The maximum absolute atomic E-state index is 12.3. The van der Waals surface area contributed by atoms with Crippen LogP contribution in [0.15, 0.2) is 28.7 Å². The highest BCUT2D eigenvalue weighted by Crippen LogP contribution is 2.48. The lowest BCUT2D eigenvalue weighted by molar-refractivity contribution is -0.130. The van der Waals surface area contributed by atoms with Gasteiger partial charge in [-0.25, -0.2) is 0 Å². The van der Waals surface area contributed by atoms with Crippen molar-refractivity contribution in [3.05, 3.63) is 34.3 Å². The maximum atomic E-state index is 12.3. The molecular weight excluding hydrogens is 340 g/mol. The molecule has 2 N–H and O–H groups in total. The van der Waals surface area contributed by atoms with Crippen molar-refractivity contribution in [3.63, 3.8) is 0 Å². The number of nitrogens with two attached hydrogens (primary N) is 1. The summed E-state index contributed by atoms with van der Waals surface area (Å²) in [6.45, 7) is 1.60. The number of likely N-dealkylation sites (N-methyl/N-ethyl adjacent to an activating group) is 1. The maximum Gasteiger partial charge on any atom is 0.222 e. The molecule has 0 radical (unpaired) electrons. The minimum atomic E-state index is 0.199. The van der Waals surface area contributed by atoms with Crippen LogP contribution in [0.25, 0.3) is 0 Å². The predicted molar refractivity (Wildman–Crippen MR) is 94.8 cm³/mol. The zero-order valence-corrected chi connectivity index (χ0v) is 15.1. The number of carbonyl (C=O) groups excluding carboxylic acids is 1. The first kappa shape index (κ1) is 17.5. The highest BCUT2D eigenvalue weighted by molar-refractivity contribution is 9.10. The molecule has 0 atom stereocenters. The zero-order chi connectivity index (χ0) is 16.0. The summed E-state index contributed by atoms with van der Waals surface area (Å²) in [6, 6.07) is 8.55. The Hall–Kier alpha value is -0.870. The van der Waals surface area contributed by atoms with Crippen LogP contribution >= 0.6 is 15.9 Å². The SMILES string of the molecule is CN(CC1(c2ccc(Br)cc2)CC1)C(=O)CCCCCCN. The molecule has 122 valence electrons. The fourth-order valence-electron chi connectivity index (χ4n) is 3.00. The van der Waals surface area contributed by atoms with E-state index >= 15 is 0 Å². The van der Waals surface area contributed by atoms with Gasteiger partial charge in [-0.05, 0) is 49.9 Å². The van der Waals surface area contributed by atoms with Crippen LogP contribution in [0.2, 0.25) is 0 Å². The minimum Gasteiger partial charge on any atom is -0.345 e. The highest BCUT2D eigenvalue weighted by Gasteiger charge is 2.45. The second-order valence-corrected chi connectivity index (χ2v) is 7.41. The number of rotatable bonds is 9. The van der Waals surface area contributed by atoms with Crippen LogP contribution in [-0.4, -0.2) is 30.9 Å². The van der Waals surface area contributed by atoms with E-state index in [1.807, 2.05) is 11.9 Å². The van der Waals surface area contributed by atoms with Crippen molar-refractivity contribution in [1.29, 1.82) is 0 Å². The summed E-state index contributed by atoms with van der Waals surface area (Å²) in [4.78, 5) is 14.2. The Labute approximate surface area is 142 Å². The quantitative estimate of drug-likeness (QED) is 0.674. The van der Waals surface area contributed by atoms with Gasteiger partial charge in [0.1, 0.15) is 0 Å². The average Bonchev–Trinajstić information content (AvgIpc) is 3.28. The summed E-state index contributed by atoms with van der Waals surface area (Å²) in [5.74, 6) is 0.274. The third kappa shape index (κ3) is 4.82. The third-order valence-electron chi connectivity index (χ3n) is 4.62. The van der Waals surface area contributed by atoms with Crippen LogP contribution in [-0.2, 0) is 10.2 Å². The van der Waals surface area contributed by atoms with Crippen molar-refractivity contribution in [2.24, 2.45) is 5.73 Å². The number of nitrogens with zero attached hydrogens (tertiary/aromatic N) is 1. The first-order chi connectivity index (χ1) is 10.6. The molecule has 0 aromatic heterocycles. The Bertz CT molecular complexity index is 482. The van der Waals surface area contributed by atoms with Crippen LogP contribution < -0.4 is 5.73 Å². The summed E-state index contributed by atoms with van der Waals surface area (Å²) in [6.07, 6.45) is 7.32. The molecule has 0 spiro atoms. The van der Waals surface area contributed by atoms with Crippen LogP contribution in [0.1, 0.15) is 50.5 Å². The van der Waals surface area contributed by atoms with Gasteiger partial charge >= 0.3 is 0 Å². The number of carbonyl (C=O) groups is 1. The van der Waals surface area contributed by atoms with Crippen molar-refractivity contribution in [3.8, 4) is 0 Å². The number of amides is 1. The molecule has 4 heteroatoms. The van der Waals surface area contributed by atoms with Gasteiger partial charge in [0.05, 0.1) is 0 Å². The summed E-state index contributed by atoms with van der Waals surface area (Å²) < 4.78 is 1.11. The second-order valence-electron chi connectivity index (χ2n) is 6.49. The summed E-state index contributed by atoms with van der Waals surface area (Å²) >= 11 is 3.48. The van der Waals surface area contributed by atoms with Crippen LogP contribution in [0.4, 0.5) is 0 Å². The van der Waals surface area contributed by atoms with Crippen molar-refractivity contribution in [1.82, 2.24) is 4.90 Å². The number of hydrogen-bond acceptors (Lipinski definition) is 2. The standard InChI is InChI=1S/C18H27BrN2O/c1-21(17(22)6-4-2-3-5-13-20)14-18(11-12-18)15-7-9-16(19)10-8-15/h7-10H,2-6,11-14,20H2,1H3. The molecule has 0 saturated heterocycles. The van der Waals surface area contributed by atoms with E-state index in [9.17, 15) is 4.79 Å². The Morgan fingerprint density at radius 1 is 1.18 bits per heavy atom. The fourth-order valence-corrected chi connectivity index (χ4v) is 3.26. The van der Waals surface area contributed by atoms with Crippen LogP contribution in [0.5, 0.6) is 0 Å². The van der Waals surface area contributed by atoms with Gasteiger partial charge in [0.2, 0.25) is 5.91 Å². The normalized spacial score (nSPS) is 15.6.